The number of amides is 3. The molecule has 6 nitrogen and oxygen atoms in total. The first-order chi connectivity index (χ1) is 13.0. The summed E-state index contributed by atoms with van der Waals surface area (Å²) in [6, 6.07) is 9.60. The van der Waals surface area contributed by atoms with Crippen molar-refractivity contribution in [3.63, 3.8) is 0 Å². The van der Waals surface area contributed by atoms with Crippen molar-refractivity contribution in [2.75, 3.05) is 6.54 Å². The van der Waals surface area contributed by atoms with Crippen LogP contribution in [0, 0.1) is 0 Å². The normalized spacial score (nSPS) is 12.0. The summed E-state index contributed by atoms with van der Waals surface area (Å²) >= 11 is 6.34. The molecule has 1 atom stereocenters. The minimum Gasteiger partial charge on any atom is -0.338 e. The summed E-state index contributed by atoms with van der Waals surface area (Å²) in [6.45, 7) is 4.00. The number of benzene rings is 1. The first-order valence-electron chi connectivity index (χ1n) is 8.23. The number of nitrogens with zero attached hydrogens (tertiary/aromatic N) is 2. The van der Waals surface area contributed by atoms with Gasteiger partial charge in [-0.3, -0.25) is 10.1 Å². The molecule has 0 spiro atoms. The number of carbonyl (C=O) groups is 2. The van der Waals surface area contributed by atoms with Crippen molar-refractivity contribution in [2.24, 2.45) is 0 Å². The highest BCUT2D eigenvalue weighted by molar-refractivity contribution is 9.10. The van der Waals surface area contributed by atoms with Gasteiger partial charge in [-0.2, -0.15) is 0 Å². The highest BCUT2D eigenvalue weighted by atomic mass is 79.9. The highest BCUT2D eigenvalue weighted by Crippen LogP contribution is 2.38. The first-order valence-corrected chi connectivity index (χ1v) is 10.7. The third-order valence-electron chi connectivity index (χ3n) is 3.64. The Balaban J connectivity index is 1.81. The summed E-state index contributed by atoms with van der Waals surface area (Å²) in [5, 5.41) is 5.13. The summed E-state index contributed by atoms with van der Waals surface area (Å²) in [4.78, 5) is 33.5. The molecule has 1 aromatic carbocycles. The quantitative estimate of drug-likeness (QED) is 0.430. The van der Waals surface area contributed by atoms with E-state index >= 15 is 0 Å². The molecule has 27 heavy (non-hydrogen) atoms. The van der Waals surface area contributed by atoms with Crippen LogP contribution in [0.3, 0.4) is 0 Å². The van der Waals surface area contributed by atoms with Gasteiger partial charge in [0, 0.05) is 15.9 Å². The van der Waals surface area contributed by atoms with Crippen LogP contribution < -0.4 is 10.6 Å². The third-order valence-corrected chi connectivity index (χ3v) is 6.58. The number of nitrogens with one attached hydrogen (secondary N) is 2. The lowest BCUT2D eigenvalue weighted by Crippen LogP contribution is -2.42. The molecule has 0 aliphatic rings. The molecule has 3 amide bonds. The Hall–Kier alpha value is -1.97. The number of carbonyl (C=O) groups excluding carboxylic acids is 2. The number of halogens is 1. The topological polar surface area (TPSA) is 84.0 Å². The van der Waals surface area contributed by atoms with Crippen molar-refractivity contribution in [1.82, 2.24) is 20.6 Å². The van der Waals surface area contributed by atoms with Gasteiger partial charge >= 0.3 is 6.03 Å². The summed E-state index contributed by atoms with van der Waals surface area (Å²) < 4.78 is 1.95. The van der Waals surface area contributed by atoms with Crippen LogP contribution in [0.25, 0.3) is 20.7 Å². The molecule has 3 aromatic rings. The Morgan fingerprint density at radius 1 is 1.26 bits per heavy atom. The maximum atomic E-state index is 12.2. The second kappa shape index (κ2) is 8.81. The van der Waals surface area contributed by atoms with Gasteiger partial charge in [0.05, 0.1) is 15.5 Å². The number of urea groups is 1. The highest BCUT2D eigenvalue weighted by Gasteiger charge is 2.20. The van der Waals surface area contributed by atoms with E-state index < -0.39 is 11.3 Å². The predicted octanol–water partition coefficient (Wildman–Crippen LogP) is 4.45. The van der Waals surface area contributed by atoms with E-state index in [4.69, 9.17) is 0 Å². The predicted molar refractivity (Wildman–Crippen MR) is 113 cm³/mol. The Morgan fingerprint density at radius 2 is 2.00 bits per heavy atom. The lowest BCUT2D eigenvalue weighted by Gasteiger charge is -2.11. The van der Waals surface area contributed by atoms with Crippen molar-refractivity contribution in [2.45, 2.75) is 24.1 Å². The van der Waals surface area contributed by atoms with Gasteiger partial charge in [0.1, 0.15) is 11.4 Å². The van der Waals surface area contributed by atoms with E-state index in [2.05, 4.69) is 36.5 Å². The average Bonchev–Trinajstić information content (AvgIpc) is 3.07. The van der Waals surface area contributed by atoms with E-state index in [-0.39, 0.29) is 5.91 Å². The lowest BCUT2D eigenvalue weighted by molar-refractivity contribution is -0.119. The van der Waals surface area contributed by atoms with Crippen LogP contribution in [-0.4, -0.2) is 33.7 Å². The Labute approximate surface area is 173 Å². The zero-order chi connectivity index (χ0) is 19.4. The molecule has 0 bridgehead atoms. The standard InChI is InChI=1S/C18H17BrN4O2S2/c1-3-20-18(25)23-16(24)10(2)26-17-15-13(21-9-22-17)8-14(27-15)11-4-6-12(19)7-5-11/h4-10H,3H2,1-2H3,(H2,20,23,24,25)/t10-/m0/s1. The monoisotopic (exact) mass is 464 g/mol. The van der Waals surface area contributed by atoms with Crippen LogP contribution in [0.4, 0.5) is 4.79 Å². The fourth-order valence-electron chi connectivity index (χ4n) is 2.31. The van der Waals surface area contributed by atoms with Gasteiger partial charge in [-0.15, -0.1) is 11.3 Å². The van der Waals surface area contributed by atoms with Gasteiger partial charge in [0.15, 0.2) is 0 Å². The molecule has 9 heteroatoms. The largest absolute Gasteiger partial charge is 0.338 e. The molecule has 0 fully saturated rings. The van der Waals surface area contributed by atoms with Crippen LogP contribution >= 0.6 is 39.0 Å². The number of hydrogen-bond donors (Lipinski definition) is 2. The zero-order valence-corrected chi connectivity index (χ0v) is 17.9. The fraction of sp³-hybridized carbons (Fsp3) is 0.222. The van der Waals surface area contributed by atoms with Crippen molar-refractivity contribution in [3.8, 4) is 10.4 Å². The maximum absolute atomic E-state index is 12.2. The van der Waals surface area contributed by atoms with E-state index in [0.29, 0.717) is 6.54 Å². The molecule has 0 saturated heterocycles. The molecule has 2 N–H and O–H groups in total. The molecule has 0 unspecified atom stereocenters. The average molecular weight is 465 g/mol. The second-order valence-electron chi connectivity index (χ2n) is 5.62. The van der Waals surface area contributed by atoms with E-state index in [1.54, 1.807) is 25.2 Å². The van der Waals surface area contributed by atoms with E-state index in [1.165, 1.54) is 18.1 Å². The summed E-state index contributed by atoms with van der Waals surface area (Å²) in [7, 11) is 0. The molecule has 0 radical (unpaired) electrons. The smallest absolute Gasteiger partial charge is 0.321 e. The Bertz CT molecular complexity index is 975. The second-order valence-corrected chi connectivity index (χ2v) is 8.92. The Kier molecular flexibility index (Phi) is 6.46. The molecular formula is C18H17BrN4O2S2. The maximum Gasteiger partial charge on any atom is 0.321 e. The lowest BCUT2D eigenvalue weighted by atomic mass is 10.2. The van der Waals surface area contributed by atoms with Gasteiger partial charge < -0.3 is 5.32 Å². The van der Waals surface area contributed by atoms with Gasteiger partial charge in [-0.05, 0) is 37.6 Å². The van der Waals surface area contributed by atoms with Crippen LogP contribution in [0.2, 0.25) is 0 Å². The fourth-order valence-corrected chi connectivity index (χ4v) is 4.67. The van der Waals surface area contributed by atoms with Crippen molar-refractivity contribution < 1.29 is 9.59 Å². The minimum atomic E-state index is -0.489. The van der Waals surface area contributed by atoms with Crippen molar-refractivity contribution in [1.29, 1.82) is 0 Å². The van der Waals surface area contributed by atoms with E-state index in [1.807, 2.05) is 30.3 Å². The summed E-state index contributed by atoms with van der Waals surface area (Å²) in [6.07, 6.45) is 1.50. The van der Waals surface area contributed by atoms with Gasteiger partial charge in [-0.1, -0.05) is 39.8 Å². The molecule has 2 heterocycles. The van der Waals surface area contributed by atoms with Crippen LogP contribution in [0.5, 0.6) is 0 Å². The molecule has 0 saturated carbocycles. The van der Waals surface area contributed by atoms with Gasteiger partial charge in [-0.25, -0.2) is 14.8 Å². The molecule has 3 rings (SSSR count). The minimum absolute atomic E-state index is 0.359. The number of thioether (sulfide) groups is 1. The molecule has 140 valence electrons. The molecule has 2 aromatic heterocycles. The molecule has 0 aliphatic heterocycles. The number of hydrogen-bond acceptors (Lipinski definition) is 6. The number of thiophene rings is 1. The van der Waals surface area contributed by atoms with Gasteiger partial charge in [0.2, 0.25) is 5.91 Å². The van der Waals surface area contributed by atoms with Crippen LogP contribution in [0.15, 0.2) is 46.2 Å². The molecule has 0 aliphatic carbocycles. The van der Waals surface area contributed by atoms with Crippen molar-refractivity contribution >= 4 is 61.2 Å². The van der Waals surface area contributed by atoms with Crippen molar-refractivity contribution in [3.05, 3.63) is 41.1 Å². The number of fused-ring (bicyclic) bond motifs is 1. The van der Waals surface area contributed by atoms with Gasteiger partial charge in [0.25, 0.3) is 0 Å². The Morgan fingerprint density at radius 3 is 2.70 bits per heavy atom. The number of aromatic nitrogens is 2. The van der Waals surface area contributed by atoms with E-state index in [9.17, 15) is 9.59 Å². The SMILES string of the molecule is CCNC(=O)NC(=O)[C@H](C)Sc1ncnc2cc(-c3ccc(Br)cc3)sc12. The van der Waals surface area contributed by atoms with Crippen LogP contribution in [-0.2, 0) is 4.79 Å². The zero-order valence-electron chi connectivity index (χ0n) is 14.7. The summed E-state index contributed by atoms with van der Waals surface area (Å²) in [5.41, 5.74) is 1.94. The third kappa shape index (κ3) is 4.85. The first kappa shape index (κ1) is 19.8. The van der Waals surface area contributed by atoms with E-state index in [0.717, 1.165) is 30.2 Å². The number of rotatable bonds is 5. The van der Waals surface area contributed by atoms with Crippen LogP contribution in [0.1, 0.15) is 13.8 Å². The molecular weight excluding hydrogens is 448 g/mol. The summed E-state index contributed by atoms with van der Waals surface area (Å²) in [5.74, 6) is -0.359. The number of imide groups is 1.